The zero-order chi connectivity index (χ0) is 21.8. The molecular weight excluding hydrogens is 418 g/mol. The number of nitrogens with one attached hydrogen (secondary N) is 2. The van der Waals surface area contributed by atoms with E-state index in [1.54, 1.807) is 6.20 Å². The Balaban J connectivity index is 1.33. The van der Waals surface area contributed by atoms with Crippen LogP contribution in [0, 0.1) is 11.3 Å². The fourth-order valence-corrected chi connectivity index (χ4v) is 5.05. The number of hydrogen-bond acceptors (Lipinski definition) is 6. The second-order valence-corrected chi connectivity index (χ2v) is 9.12. The number of aromatic amines is 1. The minimum atomic E-state index is 0.531. The van der Waals surface area contributed by atoms with Gasteiger partial charge in [0, 0.05) is 77.3 Å². The molecule has 0 aliphatic carbocycles. The molecule has 3 heterocycles. The highest BCUT2D eigenvalue weighted by molar-refractivity contribution is 7.99. The summed E-state index contributed by atoms with van der Waals surface area (Å²) >= 11 is 2.02. The normalized spacial score (nSPS) is 14.5. The first-order valence-electron chi connectivity index (χ1n) is 10.9. The maximum atomic E-state index is 9.73. The molecule has 0 atom stereocenters. The van der Waals surface area contributed by atoms with Crippen molar-refractivity contribution in [2.24, 2.45) is 0 Å². The molecule has 4 aromatic rings. The van der Waals surface area contributed by atoms with Crippen molar-refractivity contribution >= 4 is 44.9 Å². The number of anilines is 2. The summed E-state index contributed by atoms with van der Waals surface area (Å²) in [6, 6.07) is 16.2. The highest BCUT2D eigenvalue weighted by atomic mass is 32.2. The molecule has 32 heavy (non-hydrogen) atoms. The van der Waals surface area contributed by atoms with Gasteiger partial charge < -0.3 is 19.9 Å². The van der Waals surface area contributed by atoms with Gasteiger partial charge in [-0.3, -0.25) is 4.98 Å². The summed E-state index contributed by atoms with van der Waals surface area (Å²) in [4.78, 5) is 10.2. The van der Waals surface area contributed by atoms with E-state index in [4.69, 9.17) is 4.74 Å². The molecule has 2 aromatic carbocycles. The van der Waals surface area contributed by atoms with E-state index in [0.29, 0.717) is 17.9 Å². The average Bonchev–Trinajstić information content (AvgIpc) is 3.30. The van der Waals surface area contributed by atoms with Crippen LogP contribution in [0.25, 0.3) is 21.8 Å². The summed E-state index contributed by atoms with van der Waals surface area (Å²) in [5, 5.41) is 15.2. The summed E-state index contributed by atoms with van der Waals surface area (Å²) in [5.41, 5.74) is 4.34. The van der Waals surface area contributed by atoms with Crippen molar-refractivity contribution in [2.75, 3.05) is 43.1 Å². The van der Waals surface area contributed by atoms with Crippen LogP contribution in [0.2, 0.25) is 0 Å². The van der Waals surface area contributed by atoms with Crippen molar-refractivity contribution in [1.29, 1.82) is 5.26 Å². The van der Waals surface area contributed by atoms with Gasteiger partial charge >= 0.3 is 0 Å². The lowest BCUT2D eigenvalue weighted by Gasteiger charge is -2.25. The van der Waals surface area contributed by atoms with Gasteiger partial charge in [-0.2, -0.15) is 17.0 Å². The van der Waals surface area contributed by atoms with E-state index in [0.717, 1.165) is 59.2 Å². The number of hydrogen-bond donors (Lipinski definition) is 2. The van der Waals surface area contributed by atoms with Gasteiger partial charge in [-0.15, -0.1) is 0 Å². The zero-order valence-electron chi connectivity index (χ0n) is 17.8. The van der Waals surface area contributed by atoms with Crippen LogP contribution < -0.4 is 10.1 Å². The van der Waals surface area contributed by atoms with E-state index in [-0.39, 0.29) is 0 Å². The standard InChI is InChI=1S/C25H25N5OS/c26-17-19-15-21-23(29-20-2-3-22-18(14-20)4-6-27-22)5-7-28-24(21)16-25(19)31-11-1-8-30-9-12-32-13-10-30/h2-7,14-16,27H,1,8-13H2,(H,28,29). The molecule has 1 saturated heterocycles. The molecule has 162 valence electrons. The van der Waals surface area contributed by atoms with Crippen LogP contribution in [0.15, 0.2) is 54.9 Å². The van der Waals surface area contributed by atoms with Crippen LogP contribution in [0.3, 0.4) is 0 Å². The third-order valence-corrected chi connectivity index (χ3v) is 6.72. The van der Waals surface area contributed by atoms with E-state index < -0.39 is 0 Å². The minimum absolute atomic E-state index is 0.531. The van der Waals surface area contributed by atoms with E-state index in [1.807, 2.05) is 48.3 Å². The van der Waals surface area contributed by atoms with Crippen molar-refractivity contribution < 1.29 is 4.74 Å². The molecule has 0 radical (unpaired) electrons. The smallest absolute Gasteiger partial charge is 0.139 e. The van der Waals surface area contributed by atoms with Crippen molar-refractivity contribution in [3.8, 4) is 11.8 Å². The Labute approximate surface area is 191 Å². The molecule has 2 aromatic heterocycles. The van der Waals surface area contributed by atoms with E-state index in [1.165, 1.54) is 11.5 Å². The molecule has 0 saturated carbocycles. The van der Waals surface area contributed by atoms with Crippen molar-refractivity contribution in [1.82, 2.24) is 14.9 Å². The van der Waals surface area contributed by atoms with E-state index >= 15 is 0 Å². The Hall–Kier alpha value is -3.21. The van der Waals surface area contributed by atoms with E-state index in [9.17, 15) is 5.26 Å². The number of aromatic nitrogens is 2. The van der Waals surface area contributed by atoms with Crippen LogP contribution in [-0.2, 0) is 0 Å². The first-order valence-corrected chi connectivity index (χ1v) is 12.1. The second kappa shape index (κ2) is 9.51. The Kier molecular flexibility index (Phi) is 6.15. The summed E-state index contributed by atoms with van der Waals surface area (Å²) < 4.78 is 6.01. The molecule has 1 aliphatic rings. The molecule has 0 unspecified atom stereocenters. The third-order valence-electron chi connectivity index (χ3n) is 5.78. The van der Waals surface area contributed by atoms with Crippen molar-refractivity contribution in [3.05, 3.63) is 60.4 Å². The molecule has 0 bridgehead atoms. The van der Waals surface area contributed by atoms with Gasteiger partial charge in [0.25, 0.3) is 0 Å². The summed E-state index contributed by atoms with van der Waals surface area (Å²) in [7, 11) is 0. The average molecular weight is 444 g/mol. The second-order valence-electron chi connectivity index (χ2n) is 7.90. The first kappa shape index (κ1) is 20.7. The maximum absolute atomic E-state index is 9.73. The van der Waals surface area contributed by atoms with Gasteiger partial charge in [0.1, 0.15) is 11.8 Å². The molecule has 5 rings (SSSR count). The number of pyridine rings is 1. The third kappa shape index (κ3) is 4.52. The molecule has 1 fully saturated rings. The number of ether oxygens (including phenoxy) is 1. The summed E-state index contributed by atoms with van der Waals surface area (Å²) in [5.74, 6) is 3.03. The van der Waals surface area contributed by atoms with Crippen LogP contribution in [0.4, 0.5) is 11.4 Å². The highest BCUT2D eigenvalue weighted by Crippen LogP contribution is 2.31. The lowest BCUT2D eigenvalue weighted by Crippen LogP contribution is -2.33. The monoisotopic (exact) mass is 443 g/mol. The summed E-state index contributed by atoms with van der Waals surface area (Å²) in [6.07, 6.45) is 4.66. The van der Waals surface area contributed by atoms with Crippen LogP contribution in [0.1, 0.15) is 12.0 Å². The quantitative estimate of drug-likeness (QED) is 0.385. The first-order chi connectivity index (χ1) is 15.8. The van der Waals surface area contributed by atoms with Gasteiger partial charge in [0.2, 0.25) is 0 Å². The van der Waals surface area contributed by atoms with Crippen molar-refractivity contribution in [2.45, 2.75) is 6.42 Å². The lowest BCUT2D eigenvalue weighted by atomic mass is 10.1. The number of nitrogens with zero attached hydrogens (tertiary/aromatic N) is 3. The predicted octanol–water partition coefficient (Wildman–Crippen LogP) is 5.15. The molecule has 6 nitrogen and oxygen atoms in total. The van der Waals surface area contributed by atoms with Gasteiger partial charge in [0.05, 0.1) is 17.7 Å². The Morgan fingerprint density at radius 3 is 2.94 bits per heavy atom. The number of thioether (sulfide) groups is 1. The number of rotatable bonds is 7. The summed E-state index contributed by atoms with van der Waals surface area (Å²) in [6.45, 7) is 3.94. The number of fused-ring (bicyclic) bond motifs is 2. The van der Waals surface area contributed by atoms with Gasteiger partial charge in [-0.05, 0) is 42.8 Å². The predicted molar refractivity (Wildman–Crippen MR) is 132 cm³/mol. The highest BCUT2D eigenvalue weighted by Gasteiger charge is 2.12. The van der Waals surface area contributed by atoms with Gasteiger partial charge in [-0.25, -0.2) is 0 Å². The molecule has 2 N–H and O–H groups in total. The number of H-pyrrole nitrogens is 1. The fraction of sp³-hybridized carbons (Fsp3) is 0.280. The number of nitriles is 1. The number of benzene rings is 2. The molecule has 7 heteroatoms. The topological polar surface area (TPSA) is 77.0 Å². The van der Waals surface area contributed by atoms with Crippen LogP contribution >= 0.6 is 11.8 Å². The lowest BCUT2D eigenvalue weighted by molar-refractivity contribution is 0.248. The van der Waals surface area contributed by atoms with Crippen LogP contribution in [-0.4, -0.2) is 52.6 Å². The van der Waals surface area contributed by atoms with E-state index in [2.05, 4.69) is 38.4 Å². The largest absolute Gasteiger partial charge is 0.492 e. The zero-order valence-corrected chi connectivity index (χ0v) is 18.6. The fourth-order valence-electron chi connectivity index (χ4n) is 4.07. The van der Waals surface area contributed by atoms with Gasteiger partial charge in [-0.1, -0.05) is 0 Å². The Morgan fingerprint density at radius 1 is 1.16 bits per heavy atom. The SMILES string of the molecule is N#Cc1cc2c(Nc3ccc4[nH]ccc4c3)ccnc2cc1OCCCN1CCSCC1. The van der Waals surface area contributed by atoms with Crippen LogP contribution in [0.5, 0.6) is 5.75 Å². The van der Waals surface area contributed by atoms with Gasteiger partial charge in [0.15, 0.2) is 0 Å². The molecule has 0 spiro atoms. The molecular formula is C25H25N5OS. The van der Waals surface area contributed by atoms with Crippen molar-refractivity contribution in [3.63, 3.8) is 0 Å². The Morgan fingerprint density at radius 2 is 2.06 bits per heavy atom. The minimum Gasteiger partial charge on any atom is -0.492 e. The Bertz CT molecular complexity index is 1270. The molecule has 0 amide bonds. The molecule has 1 aliphatic heterocycles. The maximum Gasteiger partial charge on any atom is 0.139 e.